The number of nitrogens with one attached hydrogen (secondary N) is 2. The Morgan fingerprint density at radius 2 is 2.18 bits per heavy atom. The second-order valence-corrected chi connectivity index (χ2v) is 6.32. The van der Waals surface area contributed by atoms with Gasteiger partial charge in [-0.15, -0.1) is 0 Å². The molecule has 0 radical (unpaired) electrons. The van der Waals surface area contributed by atoms with Crippen molar-refractivity contribution in [2.45, 2.75) is 26.2 Å². The maximum atomic E-state index is 13.1. The summed E-state index contributed by atoms with van der Waals surface area (Å²) in [6, 6.07) is 3.64. The summed E-state index contributed by atoms with van der Waals surface area (Å²) in [4.78, 5) is 2.49. The lowest BCUT2D eigenvalue weighted by molar-refractivity contribution is 0.182. The minimum Gasteiger partial charge on any atom is -0.362 e. The van der Waals surface area contributed by atoms with Gasteiger partial charge in [-0.1, -0.05) is 6.92 Å². The molecule has 2 N–H and O–H groups in total. The van der Waals surface area contributed by atoms with Crippen LogP contribution in [0, 0.1) is 17.6 Å². The Balaban J connectivity index is 1.64. The molecule has 0 aromatic heterocycles. The predicted molar refractivity (Wildman–Crippen MR) is 90.0 cm³/mol. The van der Waals surface area contributed by atoms with Gasteiger partial charge in [-0.2, -0.15) is 0 Å². The summed E-state index contributed by atoms with van der Waals surface area (Å²) in [5, 5.41) is 6.38. The third kappa shape index (κ3) is 5.50. The number of thiocarbonyl (C=S) groups is 1. The van der Waals surface area contributed by atoms with Crippen molar-refractivity contribution in [3.63, 3.8) is 0 Å². The van der Waals surface area contributed by atoms with E-state index in [4.69, 9.17) is 12.2 Å². The van der Waals surface area contributed by atoms with Gasteiger partial charge in [0, 0.05) is 24.8 Å². The highest BCUT2D eigenvalue weighted by atomic mass is 32.1. The Morgan fingerprint density at radius 1 is 1.36 bits per heavy atom. The molecule has 0 amide bonds. The third-order valence-corrected chi connectivity index (χ3v) is 4.10. The zero-order valence-electron chi connectivity index (χ0n) is 12.9. The lowest BCUT2D eigenvalue weighted by Gasteiger charge is -2.30. The first kappa shape index (κ1) is 17.1. The standard InChI is InChI=1S/C16H23F2N3S/c1-12-4-2-8-21(11-12)9-3-7-19-16(22)20-13-5-6-14(17)15(18)10-13/h5-6,10,12H,2-4,7-9,11H2,1H3,(H2,19,20,22)/t12-/m0/s1. The second-order valence-electron chi connectivity index (χ2n) is 5.91. The first-order chi connectivity index (χ1) is 10.5. The van der Waals surface area contributed by atoms with Gasteiger partial charge in [-0.3, -0.25) is 0 Å². The average molecular weight is 327 g/mol. The number of piperidine rings is 1. The van der Waals surface area contributed by atoms with E-state index in [9.17, 15) is 8.78 Å². The van der Waals surface area contributed by atoms with Crippen LogP contribution < -0.4 is 10.6 Å². The Hall–Kier alpha value is -1.27. The van der Waals surface area contributed by atoms with Gasteiger partial charge in [0.05, 0.1) is 0 Å². The fourth-order valence-electron chi connectivity index (χ4n) is 2.74. The topological polar surface area (TPSA) is 27.3 Å². The number of rotatable bonds is 5. The van der Waals surface area contributed by atoms with Gasteiger partial charge in [0.25, 0.3) is 0 Å². The molecule has 0 aliphatic carbocycles. The van der Waals surface area contributed by atoms with Gasteiger partial charge in [0.15, 0.2) is 16.7 Å². The van der Waals surface area contributed by atoms with Crippen LogP contribution in [0.1, 0.15) is 26.2 Å². The van der Waals surface area contributed by atoms with Gasteiger partial charge in [0.2, 0.25) is 0 Å². The molecule has 1 heterocycles. The van der Waals surface area contributed by atoms with Crippen molar-refractivity contribution in [1.82, 2.24) is 10.2 Å². The lowest BCUT2D eigenvalue weighted by Crippen LogP contribution is -2.37. The highest BCUT2D eigenvalue weighted by Crippen LogP contribution is 2.15. The molecule has 0 saturated carbocycles. The molecule has 0 unspecified atom stereocenters. The summed E-state index contributed by atoms with van der Waals surface area (Å²) >= 11 is 5.15. The van der Waals surface area contributed by atoms with E-state index in [0.717, 1.165) is 37.6 Å². The van der Waals surface area contributed by atoms with E-state index >= 15 is 0 Å². The largest absolute Gasteiger partial charge is 0.362 e. The summed E-state index contributed by atoms with van der Waals surface area (Å²) in [5.41, 5.74) is 0.446. The number of likely N-dealkylation sites (tertiary alicyclic amines) is 1. The molecule has 1 saturated heterocycles. The molecule has 2 rings (SSSR count). The molecule has 3 nitrogen and oxygen atoms in total. The summed E-state index contributed by atoms with van der Waals surface area (Å²) < 4.78 is 25.9. The second kappa shape index (κ2) is 8.39. The smallest absolute Gasteiger partial charge is 0.170 e. The number of nitrogens with zero attached hydrogens (tertiary/aromatic N) is 1. The summed E-state index contributed by atoms with van der Waals surface area (Å²) in [6.07, 6.45) is 3.62. The molecule has 0 spiro atoms. The molecule has 1 aromatic rings. The highest BCUT2D eigenvalue weighted by Gasteiger charge is 2.15. The zero-order chi connectivity index (χ0) is 15.9. The van der Waals surface area contributed by atoms with Crippen molar-refractivity contribution in [2.24, 2.45) is 5.92 Å². The van der Waals surface area contributed by atoms with E-state index in [-0.39, 0.29) is 0 Å². The third-order valence-electron chi connectivity index (χ3n) is 3.86. The van der Waals surface area contributed by atoms with E-state index in [1.807, 2.05) is 0 Å². The summed E-state index contributed by atoms with van der Waals surface area (Å²) in [5.74, 6) is -0.954. The van der Waals surface area contributed by atoms with Crippen LogP contribution in [0.25, 0.3) is 0 Å². The average Bonchev–Trinajstić information content (AvgIpc) is 2.48. The Labute approximate surface area is 136 Å². The van der Waals surface area contributed by atoms with E-state index in [0.29, 0.717) is 10.8 Å². The van der Waals surface area contributed by atoms with Crippen molar-refractivity contribution in [1.29, 1.82) is 0 Å². The number of benzene rings is 1. The van der Waals surface area contributed by atoms with Crippen molar-refractivity contribution >= 4 is 23.0 Å². The van der Waals surface area contributed by atoms with Crippen LogP contribution in [-0.2, 0) is 0 Å². The van der Waals surface area contributed by atoms with Crippen molar-refractivity contribution in [2.75, 3.05) is 31.5 Å². The van der Waals surface area contributed by atoms with Crippen LogP contribution in [0.5, 0.6) is 0 Å². The van der Waals surface area contributed by atoms with Gasteiger partial charge in [-0.05, 0) is 62.6 Å². The lowest BCUT2D eigenvalue weighted by atomic mass is 10.0. The van der Waals surface area contributed by atoms with Crippen molar-refractivity contribution in [3.05, 3.63) is 29.8 Å². The monoisotopic (exact) mass is 327 g/mol. The number of anilines is 1. The van der Waals surface area contributed by atoms with E-state index in [2.05, 4.69) is 22.5 Å². The first-order valence-electron chi connectivity index (χ1n) is 7.77. The maximum absolute atomic E-state index is 13.1. The normalized spacial score (nSPS) is 19.0. The molecular weight excluding hydrogens is 304 g/mol. The van der Waals surface area contributed by atoms with E-state index < -0.39 is 11.6 Å². The van der Waals surface area contributed by atoms with Crippen LogP contribution in [0.3, 0.4) is 0 Å². The molecule has 1 atom stereocenters. The number of hydrogen-bond acceptors (Lipinski definition) is 2. The van der Waals surface area contributed by atoms with Crippen molar-refractivity contribution in [3.8, 4) is 0 Å². The Bertz CT molecular complexity index is 510. The minimum absolute atomic E-state index is 0.429. The molecule has 122 valence electrons. The van der Waals surface area contributed by atoms with Crippen LogP contribution in [0.4, 0.5) is 14.5 Å². The highest BCUT2D eigenvalue weighted by molar-refractivity contribution is 7.80. The minimum atomic E-state index is -0.882. The van der Waals surface area contributed by atoms with Gasteiger partial charge >= 0.3 is 0 Å². The fourth-order valence-corrected chi connectivity index (χ4v) is 2.96. The van der Waals surface area contributed by atoms with Gasteiger partial charge < -0.3 is 15.5 Å². The SMILES string of the molecule is C[C@H]1CCCN(CCCNC(=S)Nc2ccc(F)c(F)c2)C1. The number of hydrogen-bond donors (Lipinski definition) is 2. The zero-order valence-corrected chi connectivity index (χ0v) is 13.7. The Morgan fingerprint density at radius 3 is 2.91 bits per heavy atom. The van der Waals surface area contributed by atoms with Crippen molar-refractivity contribution < 1.29 is 8.78 Å². The predicted octanol–water partition coefficient (Wildman–Crippen LogP) is 3.37. The quantitative estimate of drug-likeness (QED) is 0.640. The molecule has 1 aliphatic rings. The van der Waals surface area contributed by atoms with E-state index in [1.54, 1.807) is 0 Å². The molecule has 1 aromatic carbocycles. The molecule has 1 aliphatic heterocycles. The first-order valence-corrected chi connectivity index (χ1v) is 8.17. The fraction of sp³-hybridized carbons (Fsp3) is 0.562. The van der Waals surface area contributed by atoms with Crippen LogP contribution in [0.2, 0.25) is 0 Å². The molecule has 6 heteroatoms. The van der Waals surface area contributed by atoms with Crippen LogP contribution in [0.15, 0.2) is 18.2 Å². The number of halogens is 2. The van der Waals surface area contributed by atoms with Gasteiger partial charge in [-0.25, -0.2) is 8.78 Å². The maximum Gasteiger partial charge on any atom is 0.170 e. The summed E-state index contributed by atoms with van der Waals surface area (Å²) in [6.45, 7) is 6.48. The molecular formula is C16H23F2N3S. The molecule has 0 bridgehead atoms. The van der Waals surface area contributed by atoms with E-state index in [1.165, 1.54) is 32.0 Å². The Kier molecular flexibility index (Phi) is 6.51. The molecule has 22 heavy (non-hydrogen) atoms. The summed E-state index contributed by atoms with van der Waals surface area (Å²) in [7, 11) is 0. The van der Waals surface area contributed by atoms with Gasteiger partial charge in [0.1, 0.15) is 0 Å². The van der Waals surface area contributed by atoms with Crippen LogP contribution in [-0.4, -0.2) is 36.2 Å². The molecule has 1 fully saturated rings. The van der Waals surface area contributed by atoms with Crippen LogP contribution >= 0.6 is 12.2 Å².